The van der Waals surface area contributed by atoms with Gasteiger partial charge in [-0.15, -0.1) is 0 Å². The lowest BCUT2D eigenvalue weighted by Crippen LogP contribution is -2.21. The quantitative estimate of drug-likeness (QED) is 0.761. The highest BCUT2D eigenvalue weighted by molar-refractivity contribution is 7.89. The minimum atomic E-state index is -3.41. The maximum atomic E-state index is 11.6. The Bertz CT molecular complexity index is 471. The van der Waals surface area contributed by atoms with Crippen molar-refractivity contribution < 1.29 is 8.42 Å². The molecule has 0 aliphatic rings. The first-order valence-electron chi connectivity index (χ1n) is 4.96. The zero-order chi connectivity index (χ0) is 12.3. The van der Waals surface area contributed by atoms with Crippen molar-refractivity contribution in [3.8, 4) is 0 Å². The molecule has 0 heterocycles. The van der Waals surface area contributed by atoms with E-state index < -0.39 is 10.0 Å². The van der Waals surface area contributed by atoms with E-state index in [1.165, 1.54) is 13.1 Å². The van der Waals surface area contributed by atoms with Crippen molar-refractivity contribution in [2.24, 2.45) is 0 Å². The summed E-state index contributed by atoms with van der Waals surface area (Å²) in [7, 11) is -0.165. The number of hydrogen-bond acceptors (Lipinski definition) is 4. The SMILES string of the molecule is CCN(C)c1cc(S(=O)(=O)NC)ccc1N. The Kier molecular flexibility index (Phi) is 3.77. The molecule has 0 fully saturated rings. The van der Waals surface area contributed by atoms with Gasteiger partial charge in [-0.2, -0.15) is 0 Å². The number of nitrogen functional groups attached to an aromatic ring is 1. The lowest BCUT2D eigenvalue weighted by Gasteiger charge is -2.19. The van der Waals surface area contributed by atoms with Crippen LogP contribution in [0.15, 0.2) is 23.1 Å². The Labute approximate surface area is 96.3 Å². The number of sulfonamides is 1. The van der Waals surface area contributed by atoms with Gasteiger partial charge in [0.05, 0.1) is 16.3 Å². The molecule has 0 spiro atoms. The number of nitrogens with one attached hydrogen (secondary N) is 1. The lowest BCUT2D eigenvalue weighted by atomic mass is 10.2. The number of nitrogens with zero attached hydrogens (tertiary/aromatic N) is 1. The van der Waals surface area contributed by atoms with Crippen LogP contribution in [0.5, 0.6) is 0 Å². The summed E-state index contributed by atoms with van der Waals surface area (Å²) in [4.78, 5) is 2.11. The van der Waals surface area contributed by atoms with Crippen LogP contribution in [0.25, 0.3) is 0 Å². The standard InChI is InChI=1S/C10H17N3O2S/c1-4-13(3)10-7-8(5-6-9(10)11)16(14,15)12-2/h5-7,12H,4,11H2,1-3H3. The van der Waals surface area contributed by atoms with Crippen LogP contribution in [-0.4, -0.2) is 29.1 Å². The smallest absolute Gasteiger partial charge is 0.240 e. The van der Waals surface area contributed by atoms with E-state index in [1.807, 2.05) is 18.9 Å². The van der Waals surface area contributed by atoms with Gasteiger partial charge in [-0.1, -0.05) is 0 Å². The van der Waals surface area contributed by atoms with E-state index in [9.17, 15) is 8.42 Å². The van der Waals surface area contributed by atoms with Crippen LogP contribution in [0.4, 0.5) is 11.4 Å². The summed E-state index contributed by atoms with van der Waals surface area (Å²) in [5, 5.41) is 0. The Morgan fingerprint density at radius 2 is 2.06 bits per heavy atom. The molecule has 0 aromatic heterocycles. The molecule has 0 bridgehead atoms. The van der Waals surface area contributed by atoms with Crippen LogP contribution < -0.4 is 15.4 Å². The van der Waals surface area contributed by atoms with Crippen molar-refractivity contribution in [3.05, 3.63) is 18.2 Å². The molecule has 5 nitrogen and oxygen atoms in total. The number of nitrogens with two attached hydrogens (primary N) is 1. The van der Waals surface area contributed by atoms with Crippen molar-refractivity contribution in [1.82, 2.24) is 4.72 Å². The van der Waals surface area contributed by atoms with Gasteiger partial charge in [-0.05, 0) is 32.2 Å². The third-order valence-electron chi connectivity index (χ3n) is 2.47. The minimum Gasteiger partial charge on any atom is -0.397 e. The fourth-order valence-electron chi connectivity index (χ4n) is 1.31. The van der Waals surface area contributed by atoms with E-state index in [0.717, 1.165) is 12.2 Å². The second-order valence-electron chi connectivity index (χ2n) is 3.44. The molecule has 0 aliphatic heterocycles. The summed E-state index contributed by atoms with van der Waals surface area (Å²) in [6, 6.07) is 4.67. The molecule has 0 amide bonds. The predicted molar refractivity (Wildman–Crippen MR) is 66.0 cm³/mol. The highest BCUT2D eigenvalue weighted by Crippen LogP contribution is 2.25. The van der Waals surface area contributed by atoms with Crippen molar-refractivity contribution in [2.75, 3.05) is 31.3 Å². The summed E-state index contributed by atoms with van der Waals surface area (Å²) >= 11 is 0. The van der Waals surface area contributed by atoms with Gasteiger partial charge < -0.3 is 10.6 Å². The third-order valence-corrected chi connectivity index (χ3v) is 3.88. The Morgan fingerprint density at radius 3 is 2.56 bits per heavy atom. The first-order chi connectivity index (χ1) is 7.42. The van der Waals surface area contributed by atoms with Crippen LogP contribution in [0.1, 0.15) is 6.92 Å². The van der Waals surface area contributed by atoms with Gasteiger partial charge in [-0.25, -0.2) is 13.1 Å². The van der Waals surface area contributed by atoms with Crippen molar-refractivity contribution >= 4 is 21.4 Å². The fourth-order valence-corrected chi connectivity index (χ4v) is 2.06. The zero-order valence-corrected chi connectivity index (χ0v) is 10.5. The van der Waals surface area contributed by atoms with E-state index in [2.05, 4.69) is 4.72 Å². The first-order valence-corrected chi connectivity index (χ1v) is 6.45. The van der Waals surface area contributed by atoms with Gasteiger partial charge in [0, 0.05) is 13.6 Å². The molecule has 0 radical (unpaired) electrons. The molecule has 0 unspecified atom stereocenters. The second kappa shape index (κ2) is 4.71. The van der Waals surface area contributed by atoms with Gasteiger partial charge in [0.2, 0.25) is 10.0 Å². The molecular formula is C10H17N3O2S. The maximum Gasteiger partial charge on any atom is 0.240 e. The molecule has 0 aliphatic carbocycles. The summed E-state index contributed by atoms with van der Waals surface area (Å²) in [6.07, 6.45) is 0. The third kappa shape index (κ3) is 2.45. The second-order valence-corrected chi connectivity index (χ2v) is 5.33. The summed E-state index contributed by atoms with van der Waals surface area (Å²) in [5.74, 6) is 0. The average molecular weight is 243 g/mol. The van der Waals surface area contributed by atoms with E-state index in [-0.39, 0.29) is 4.90 Å². The van der Waals surface area contributed by atoms with E-state index in [4.69, 9.17) is 5.73 Å². The number of anilines is 2. The summed E-state index contributed by atoms with van der Waals surface area (Å²) in [6.45, 7) is 2.73. The number of benzene rings is 1. The molecule has 1 aromatic rings. The highest BCUT2D eigenvalue weighted by Gasteiger charge is 2.14. The van der Waals surface area contributed by atoms with E-state index in [1.54, 1.807) is 12.1 Å². The number of hydrogen-bond donors (Lipinski definition) is 2. The van der Waals surface area contributed by atoms with Crippen molar-refractivity contribution in [3.63, 3.8) is 0 Å². The Hall–Kier alpha value is -1.27. The average Bonchev–Trinajstić information content (AvgIpc) is 2.28. The first kappa shape index (κ1) is 12.8. The van der Waals surface area contributed by atoms with Crippen molar-refractivity contribution in [2.45, 2.75) is 11.8 Å². The Balaban J connectivity index is 3.28. The van der Waals surface area contributed by atoms with E-state index in [0.29, 0.717) is 5.69 Å². The molecule has 0 saturated heterocycles. The molecule has 3 N–H and O–H groups in total. The highest BCUT2D eigenvalue weighted by atomic mass is 32.2. The minimum absolute atomic E-state index is 0.222. The largest absolute Gasteiger partial charge is 0.397 e. The molecule has 0 atom stereocenters. The van der Waals surface area contributed by atoms with Crippen LogP contribution in [0, 0.1) is 0 Å². The molecule has 90 valence electrons. The van der Waals surface area contributed by atoms with Crippen molar-refractivity contribution in [1.29, 1.82) is 0 Å². The molecule has 16 heavy (non-hydrogen) atoms. The maximum absolute atomic E-state index is 11.6. The predicted octanol–water partition coefficient (Wildman–Crippen LogP) is 0.633. The fraction of sp³-hybridized carbons (Fsp3) is 0.400. The van der Waals surface area contributed by atoms with Crippen LogP contribution in [0.3, 0.4) is 0 Å². The van der Waals surface area contributed by atoms with Gasteiger partial charge >= 0.3 is 0 Å². The van der Waals surface area contributed by atoms with E-state index >= 15 is 0 Å². The summed E-state index contributed by atoms with van der Waals surface area (Å²) in [5.41, 5.74) is 7.08. The zero-order valence-electron chi connectivity index (χ0n) is 9.69. The van der Waals surface area contributed by atoms with Gasteiger partial charge in [0.1, 0.15) is 0 Å². The van der Waals surface area contributed by atoms with Crippen LogP contribution in [-0.2, 0) is 10.0 Å². The summed E-state index contributed by atoms with van der Waals surface area (Å²) < 4.78 is 25.5. The molecule has 6 heteroatoms. The molecule has 0 saturated carbocycles. The Morgan fingerprint density at radius 1 is 1.44 bits per heavy atom. The lowest BCUT2D eigenvalue weighted by molar-refractivity contribution is 0.588. The molecule has 1 rings (SSSR count). The van der Waals surface area contributed by atoms with Gasteiger partial charge in [0.15, 0.2) is 0 Å². The topological polar surface area (TPSA) is 75.4 Å². The monoisotopic (exact) mass is 243 g/mol. The van der Waals surface area contributed by atoms with Gasteiger partial charge in [-0.3, -0.25) is 0 Å². The van der Waals surface area contributed by atoms with Gasteiger partial charge in [0.25, 0.3) is 0 Å². The van der Waals surface area contributed by atoms with Crippen LogP contribution >= 0.6 is 0 Å². The normalized spacial score (nSPS) is 11.4. The molecular weight excluding hydrogens is 226 g/mol. The molecule has 1 aromatic carbocycles. The number of rotatable bonds is 4. The van der Waals surface area contributed by atoms with Crippen LogP contribution in [0.2, 0.25) is 0 Å².